The summed E-state index contributed by atoms with van der Waals surface area (Å²) in [4.78, 5) is 0. The highest BCUT2D eigenvalue weighted by Crippen LogP contribution is 2.46. The Bertz CT molecular complexity index is 613. The van der Waals surface area contributed by atoms with E-state index in [2.05, 4.69) is 0 Å². The Morgan fingerprint density at radius 1 is 1.26 bits per heavy atom. The van der Waals surface area contributed by atoms with Gasteiger partial charge < -0.3 is 9.84 Å². The quantitative estimate of drug-likeness (QED) is 0.891. The van der Waals surface area contributed by atoms with Gasteiger partial charge in [0, 0.05) is 21.3 Å². The third-order valence-electron chi connectivity index (χ3n) is 4.88. The Labute approximate surface area is 135 Å². The van der Waals surface area contributed by atoms with Crippen LogP contribution in [0.1, 0.15) is 43.2 Å². The Morgan fingerprint density at radius 3 is 2.39 bits per heavy atom. The zero-order valence-corrected chi connectivity index (χ0v) is 13.5. The molecule has 1 N–H and O–H groups in total. The minimum atomic E-state index is -4.50. The lowest BCUT2D eigenvalue weighted by molar-refractivity contribution is -0.138. The summed E-state index contributed by atoms with van der Waals surface area (Å²) in [6, 6.07) is 3.54. The van der Waals surface area contributed by atoms with Crippen molar-refractivity contribution in [3.8, 4) is 5.75 Å². The van der Waals surface area contributed by atoms with Gasteiger partial charge >= 0.3 is 6.18 Å². The van der Waals surface area contributed by atoms with Crippen LogP contribution in [-0.2, 0) is 22.6 Å². The van der Waals surface area contributed by atoms with Crippen LogP contribution in [0.2, 0.25) is 0 Å². The molecule has 3 nitrogen and oxygen atoms in total. The van der Waals surface area contributed by atoms with Crippen molar-refractivity contribution in [1.82, 2.24) is 0 Å². The fourth-order valence-electron chi connectivity index (χ4n) is 3.73. The van der Waals surface area contributed by atoms with Crippen molar-refractivity contribution in [3.63, 3.8) is 0 Å². The highest BCUT2D eigenvalue weighted by atomic mass is 32.2. The largest absolute Gasteiger partial charge is 0.496 e. The van der Waals surface area contributed by atoms with Crippen molar-refractivity contribution >= 4 is 10.8 Å². The molecule has 0 spiro atoms. The predicted octanol–water partition coefficient (Wildman–Crippen LogP) is 3.37. The molecular weight excluding hydrogens is 329 g/mol. The van der Waals surface area contributed by atoms with E-state index in [1.807, 2.05) is 0 Å². The maximum atomic E-state index is 13.0. The molecule has 23 heavy (non-hydrogen) atoms. The molecule has 7 heteroatoms. The van der Waals surface area contributed by atoms with Crippen LogP contribution in [0, 0.1) is 0 Å². The minimum Gasteiger partial charge on any atom is -0.496 e. The lowest BCUT2D eigenvalue weighted by atomic mass is 9.80. The summed E-state index contributed by atoms with van der Waals surface area (Å²) < 4.78 is 56.0. The summed E-state index contributed by atoms with van der Waals surface area (Å²) in [6.07, 6.45) is -1.27. The van der Waals surface area contributed by atoms with Crippen molar-refractivity contribution in [2.45, 2.75) is 54.4 Å². The normalized spacial score (nSPS) is 34.2. The molecule has 0 aliphatic carbocycles. The molecule has 0 saturated carbocycles. The number of alkyl halides is 3. The number of hydrogen-bond donors (Lipinski definition) is 1. The molecule has 2 atom stereocenters. The average molecular weight is 348 g/mol. The van der Waals surface area contributed by atoms with Gasteiger partial charge in [-0.25, -0.2) is 0 Å². The first-order valence-corrected chi connectivity index (χ1v) is 8.90. The molecule has 128 valence electrons. The first kappa shape index (κ1) is 16.8. The molecule has 3 rings (SSSR count). The third kappa shape index (κ3) is 3.01. The standard InChI is InChI=1S/C16H19F3O3S/c1-22-14-7-10(5-6-13(14)16(17,18)19)15(20)8-11-3-2-4-12(9-15)23(11)21/h5-7,11-12,20H,2-4,8-9H2,1H3. The van der Waals surface area contributed by atoms with E-state index in [1.54, 1.807) is 0 Å². The number of hydrogen-bond acceptors (Lipinski definition) is 3. The molecule has 0 amide bonds. The average Bonchev–Trinajstić information content (AvgIpc) is 2.47. The summed E-state index contributed by atoms with van der Waals surface area (Å²) in [6.45, 7) is 0. The van der Waals surface area contributed by atoms with Crippen LogP contribution >= 0.6 is 0 Å². The summed E-state index contributed by atoms with van der Waals surface area (Å²) in [5, 5.41) is 10.8. The number of benzene rings is 1. The smallest absolute Gasteiger partial charge is 0.419 e. The van der Waals surface area contributed by atoms with Gasteiger partial charge in [0.2, 0.25) is 0 Å². The Kier molecular flexibility index (Phi) is 4.21. The first-order chi connectivity index (χ1) is 10.7. The Balaban J connectivity index is 1.96. The minimum absolute atomic E-state index is 0.0826. The number of rotatable bonds is 2. The zero-order valence-electron chi connectivity index (χ0n) is 12.7. The van der Waals surface area contributed by atoms with Crippen LogP contribution in [0.4, 0.5) is 13.2 Å². The lowest BCUT2D eigenvalue weighted by Gasteiger charge is -2.44. The van der Waals surface area contributed by atoms with Gasteiger partial charge in [-0.05, 0) is 43.4 Å². The van der Waals surface area contributed by atoms with E-state index in [4.69, 9.17) is 4.74 Å². The van der Waals surface area contributed by atoms with E-state index in [1.165, 1.54) is 19.2 Å². The number of fused-ring (bicyclic) bond motifs is 2. The highest BCUT2D eigenvalue weighted by molar-refractivity contribution is 7.86. The summed E-state index contributed by atoms with van der Waals surface area (Å²) in [5.74, 6) is -0.291. The van der Waals surface area contributed by atoms with Gasteiger partial charge in [0.1, 0.15) is 5.75 Å². The van der Waals surface area contributed by atoms with Gasteiger partial charge in [0.15, 0.2) is 0 Å². The maximum absolute atomic E-state index is 13.0. The Hall–Kier alpha value is -1.08. The molecule has 2 saturated heterocycles. The van der Waals surface area contributed by atoms with Crippen LogP contribution in [0.25, 0.3) is 0 Å². The van der Waals surface area contributed by atoms with Crippen LogP contribution < -0.4 is 4.74 Å². The van der Waals surface area contributed by atoms with E-state index in [-0.39, 0.29) is 16.2 Å². The van der Waals surface area contributed by atoms with E-state index in [0.717, 1.165) is 25.3 Å². The van der Waals surface area contributed by atoms with Gasteiger partial charge in [0.05, 0.1) is 18.3 Å². The van der Waals surface area contributed by atoms with Crippen molar-refractivity contribution in [1.29, 1.82) is 0 Å². The monoisotopic (exact) mass is 348 g/mol. The third-order valence-corrected chi connectivity index (χ3v) is 7.00. The van der Waals surface area contributed by atoms with Gasteiger partial charge in [-0.2, -0.15) is 13.2 Å². The van der Waals surface area contributed by atoms with Crippen LogP contribution in [0.3, 0.4) is 0 Å². The van der Waals surface area contributed by atoms with Gasteiger partial charge in [-0.3, -0.25) is 4.21 Å². The summed E-state index contributed by atoms with van der Waals surface area (Å²) in [7, 11) is 0.230. The van der Waals surface area contributed by atoms with Gasteiger partial charge in [-0.1, -0.05) is 12.5 Å². The number of halogens is 3. The molecular formula is C16H19F3O3S. The molecule has 2 aliphatic rings. The van der Waals surface area contributed by atoms with Crippen LogP contribution in [0.15, 0.2) is 18.2 Å². The summed E-state index contributed by atoms with van der Waals surface area (Å²) in [5.41, 5.74) is -1.68. The fraction of sp³-hybridized carbons (Fsp3) is 0.625. The molecule has 2 aliphatic heterocycles. The number of methoxy groups -OCH3 is 1. The number of aliphatic hydroxyl groups is 1. The molecule has 1 aromatic carbocycles. The SMILES string of the molecule is COc1cc(C2(O)CC3CCCC(C2)S3=O)ccc1C(F)(F)F. The molecule has 0 radical (unpaired) electrons. The summed E-state index contributed by atoms with van der Waals surface area (Å²) >= 11 is 0. The molecule has 1 aromatic rings. The second-order valence-electron chi connectivity index (χ2n) is 6.36. The van der Waals surface area contributed by atoms with E-state index < -0.39 is 28.1 Å². The number of ether oxygens (including phenoxy) is 1. The molecule has 2 bridgehead atoms. The first-order valence-electron chi connectivity index (χ1n) is 7.62. The van der Waals surface area contributed by atoms with Gasteiger partial charge in [0.25, 0.3) is 0 Å². The zero-order chi connectivity index (χ0) is 16.8. The van der Waals surface area contributed by atoms with Gasteiger partial charge in [-0.15, -0.1) is 0 Å². The van der Waals surface area contributed by atoms with Crippen LogP contribution in [0.5, 0.6) is 5.75 Å². The van der Waals surface area contributed by atoms with Crippen molar-refractivity contribution in [2.24, 2.45) is 0 Å². The van der Waals surface area contributed by atoms with Crippen molar-refractivity contribution in [3.05, 3.63) is 29.3 Å². The Morgan fingerprint density at radius 2 is 1.87 bits per heavy atom. The van der Waals surface area contributed by atoms with Crippen molar-refractivity contribution in [2.75, 3.05) is 7.11 Å². The predicted molar refractivity (Wildman–Crippen MR) is 80.7 cm³/mol. The topological polar surface area (TPSA) is 46.5 Å². The fourth-order valence-corrected chi connectivity index (χ4v) is 5.96. The van der Waals surface area contributed by atoms with E-state index in [0.29, 0.717) is 18.4 Å². The molecule has 2 heterocycles. The van der Waals surface area contributed by atoms with Crippen LogP contribution in [-0.4, -0.2) is 26.9 Å². The van der Waals surface area contributed by atoms with E-state index in [9.17, 15) is 22.5 Å². The maximum Gasteiger partial charge on any atom is 0.419 e. The lowest BCUT2D eigenvalue weighted by Crippen LogP contribution is -2.47. The highest BCUT2D eigenvalue weighted by Gasteiger charge is 2.47. The molecule has 0 aromatic heterocycles. The second-order valence-corrected chi connectivity index (χ2v) is 8.35. The molecule has 2 fully saturated rings. The van der Waals surface area contributed by atoms with E-state index >= 15 is 0 Å². The molecule has 2 unspecified atom stereocenters. The second kappa shape index (κ2) is 5.77. The van der Waals surface area contributed by atoms with Crippen molar-refractivity contribution < 1.29 is 27.2 Å².